The largest absolute Gasteiger partial charge is 0.497 e. The third-order valence-corrected chi connectivity index (χ3v) is 3.29. The van der Waals surface area contributed by atoms with Crippen LogP contribution >= 0.6 is 0 Å². The number of amides is 1. The van der Waals surface area contributed by atoms with Gasteiger partial charge in [0.1, 0.15) is 5.75 Å². The molecule has 2 rings (SSSR count). The predicted octanol–water partition coefficient (Wildman–Crippen LogP) is 2.48. The highest BCUT2D eigenvalue weighted by Crippen LogP contribution is 2.14. The van der Waals surface area contributed by atoms with Crippen molar-refractivity contribution in [1.82, 2.24) is 4.90 Å². The number of anilines is 1. The Balaban J connectivity index is 1.99. The third-order valence-electron chi connectivity index (χ3n) is 3.29. The summed E-state index contributed by atoms with van der Waals surface area (Å²) in [5.74, 6) is 0.824. The minimum absolute atomic E-state index is 0.0608. The molecule has 0 fully saturated rings. The van der Waals surface area contributed by atoms with Gasteiger partial charge in [-0.25, -0.2) is 0 Å². The lowest BCUT2D eigenvalue weighted by Crippen LogP contribution is -2.27. The minimum Gasteiger partial charge on any atom is -0.497 e. The van der Waals surface area contributed by atoms with Crippen molar-refractivity contribution in [1.29, 1.82) is 0 Å². The first-order chi connectivity index (χ1) is 10.1. The van der Waals surface area contributed by atoms with E-state index in [1.54, 1.807) is 19.1 Å². The summed E-state index contributed by atoms with van der Waals surface area (Å²) < 4.78 is 5.17. The van der Waals surface area contributed by atoms with Crippen LogP contribution in [-0.2, 0) is 17.8 Å². The second kappa shape index (κ2) is 6.79. The summed E-state index contributed by atoms with van der Waals surface area (Å²) in [6, 6.07) is 15.1. The van der Waals surface area contributed by atoms with Gasteiger partial charge in [0.2, 0.25) is 5.91 Å². The normalized spacial score (nSPS) is 10.2. The molecule has 0 aliphatic heterocycles. The molecule has 0 saturated carbocycles. The van der Waals surface area contributed by atoms with Gasteiger partial charge in [0.25, 0.3) is 0 Å². The summed E-state index contributed by atoms with van der Waals surface area (Å²) in [5, 5.41) is 0. The number of carbonyl (C=O) groups excluding carboxylic acids is 1. The molecule has 0 aromatic heterocycles. The maximum Gasteiger partial charge on any atom is 0.227 e. The van der Waals surface area contributed by atoms with Crippen LogP contribution in [0.15, 0.2) is 48.5 Å². The lowest BCUT2D eigenvalue weighted by Gasteiger charge is -2.17. The lowest BCUT2D eigenvalue weighted by atomic mass is 10.1. The van der Waals surface area contributed by atoms with Crippen molar-refractivity contribution in [3.8, 4) is 5.75 Å². The molecule has 2 N–H and O–H groups in total. The zero-order chi connectivity index (χ0) is 15.2. The zero-order valence-electron chi connectivity index (χ0n) is 12.4. The highest BCUT2D eigenvalue weighted by molar-refractivity contribution is 5.78. The number of hydrogen-bond acceptors (Lipinski definition) is 3. The molecule has 0 radical (unpaired) electrons. The van der Waals surface area contributed by atoms with Crippen LogP contribution in [0.4, 0.5) is 5.69 Å². The van der Waals surface area contributed by atoms with Gasteiger partial charge in [0.15, 0.2) is 0 Å². The Kier molecular flexibility index (Phi) is 4.82. The van der Waals surface area contributed by atoms with E-state index in [1.165, 1.54) is 0 Å². The van der Waals surface area contributed by atoms with Crippen molar-refractivity contribution >= 4 is 11.6 Å². The first kappa shape index (κ1) is 14.9. The van der Waals surface area contributed by atoms with Gasteiger partial charge in [-0.05, 0) is 35.4 Å². The van der Waals surface area contributed by atoms with Crippen LogP contribution < -0.4 is 10.5 Å². The maximum absolute atomic E-state index is 12.3. The van der Waals surface area contributed by atoms with Gasteiger partial charge in [0.05, 0.1) is 13.5 Å². The van der Waals surface area contributed by atoms with E-state index in [1.807, 2.05) is 48.5 Å². The van der Waals surface area contributed by atoms with Crippen molar-refractivity contribution in [2.75, 3.05) is 19.9 Å². The Bertz CT molecular complexity index is 626. The molecule has 0 atom stereocenters. The van der Waals surface area contributed by atoms with E-state index in [9.17, 15) is 4.79 Å². The number of hydrogen-bond donors (Lipinski definition) is 1. The molecule has 110 valence electrons. The summed E-state index contributed by atoms with van der Waals surface area (Å²) in [5.41, 5.74) is 8.43. The van der Waals surface area contributed by atoms with Gasteiger partial charge in [-0.15, -0.1) is 0 Å². The van der Waals surface area contributed by atoms with Crippen molar-refractivity contribution in [3.05, 3.63) is 59.7 Å². The van der Waals surface area contributed by atoms with Gasteiger partial charge < -0.3 is 15.4 Å². The lowest BCUT2D eigenvalue weighted by molar-refractivity contribution is -0.129. The fourth-order valence-electron chi connectivity index (χ4n) is 2.15. The number of likely N-dealkylation sites (N-methyl/N-ethyl adjacent to an activating group) is 1. The predicted molar refractivity (Wildman–Crippen MR) is 84.0 cm³/mol. The summed E-state index contributed by atoms with van der Waals surface area (Å²) >= 11 is 0. The first-order valence-corrected chi connectivity index (χ1v) is 6.80. The smallest absolute Gasteiger partial charge is 0.227 e. The third kappa shape index (κ3) is 4.24. The fourth-order valence-corrected chi connectivity index (χ4v) is 2.15. The molecule has 0 aliphatic rings. The Morgan fingerprint density at radius 1 is 1.14 bits per heavy atom. The molecule has 0 aliphatic carbocycles. The van der Waals surface area contributed by atoms with E-state index in [4.69, 9.17) is 10.5 Å². The Morgan fingerprint density at radius 2 is 1.86 bits per heavy atom. The number of benzene rings is 2. The molecule has 0 unspecified atom stereocenters. The molecule has 0 heterocycles. The average Bonchev–Trinajstić information content (AvgIpc) is 2.47. The van der Waals surface area contributed by atoms with E-state index < -0.39 is 0 Å². The minimum atomic E-state index is 0.0608. The van der Waals surface area contributed by atoms with Crippen LogP contribution in [-0.4, -0.2) is 25.0 Å². The number of nitrogens with zero attached hydrogens (tertiary/aromatic N) is 1. The zero-order valence-corrected chi connectivity index (χ0v) is 12.4. The van der Waals surface area contributed by atoms with E-state index in [0.717, 1.165) is 16.9 Å². The second-order valence-corrected chi connectivity index (χ2v) is 5.02. The first-order valence-electron chi connectivity index (χ1n) is 6.80. The van der Waals surface area contributed by atoms with Crippen LogP contribution in [0, 0.1) is 0 Å². The van der Waals surface area contributed by atoms with E-state index in [0.29, 0.717) is 18.7 Å². The molecule has 2 aromatic rings. The van der Waals surface area contributed by atoms with Crippen molar-refractivity contribution < 1.29 is 9.53 Å². The maximum atomic E-state index is 12.3. The Labute approximate surface area is 125 Å². The number of nitrogen functional groups attached to an aromatic ring is 1. The van der Waals surface area contributed by atoms with Crippen molar-refractivity contribution in [2.45, 2.75) is 13.0 Å². The molecule has 0 bridgehead atoms. The van der Waals surface area contributed by atoms with Gasteiger partial charge in [-0.2, -0.15) is 0 Å². The highest BCUT2D eigenvalue weighted by Gasteiger charge is 2.10. The van der Waals surface area contributed by atoms with Crippen molar-refractivity contribution in [2.24, 2.45) is 0 Å². The van der Waals surface area contributed by atoms with Crippen LogP contribution in [0.3, 0.4) is 0 Å². The second-order valence-electron chi connectivity index (χ2n) is 5.02. The Hall–Kier alpha value is -2.49. The topological polar surface area (TPSA) is 55.6 Å². The van der Waals surface area contributed by atoms with E-state index in [-0.39, 0.29) is 5.91 Å². The van der Waals surface area contributed by atoms with Gasteiger partial charge in [0, 0.05) is 19.3 Å². The van der Waals surface area contributed by atoms with Gasteiger partial charge in [-0.3, -0.25) is 4.79 Å². The quantitative estimate of drug-likeness (QED) is 0.858. The van der Waals surface area contributed by atoms with Crippen LogP contribution in [0.5, 0.6) is 5.75 Å². The molecule has 21 heavy (non-hydrogen) atoms. The van der Waals surface area contributed by atoms with Gasteiger partial charge in [-0.1, -0.05) is 24.3 Å². The number of nitrogens with two attached hydrogens (primary N) is 1. The summed E-state index contributed by atoms with van der Waals surface area (Å²) in [6.07, 6.45) is 0.357. The molecule has 2 aromatic carbocycles. The molecule has 4 heteroatoms. The van der Waals surface area contributed by atoms with E-state index in [2.05, 4.69) is 0 Å². The molecule has 0 saturated heterocycles. The molecule has 1 amide bonds. The number of methoxy groups -OCH3 is 1. The van der Waals surface area contributed by atoms with Gasteiger partial charge >= 0.3 is 0 Å². The number of carbonyl (C=O) groups is 1. The molecule has 4 nitrogen and oxygen atoms in total. The average molecular weight is 284 g/mol. The Morgan fingerprint density at radius 3 is 2.57 bits per heavy atom. The number of ether oxygens (including phenoxy) is 1. The van der Waals surface area contributed by atoms with Crippen LogP contribution in [0.25, 0.3) is 0 Å². The standard InChI is InChI=1S/C17H20N2O2/c1-19(12-14-6-3-7-15(18)9-14)17(20)11-13-5-4-8-16(10-13)21-2/h3-10H,11-12,18H2,1-2H3. The van der Waals surface area contributed by atoms with E-state index >= 15 is 0 Å². The van der Waals surface area contributed by atoms with Crippen LogP contribution in [0.1, 0.15) is 11.1 Å². The molecule has 0 spiro atoms. The SMILES string of the molecule is COc1cccc(CC(=O)N(C)Cc2cccc(N)c2)c1. The summed E-state index contributed by atoms with van der Waals surface area (Å²) in [6.45, 7) is 0.549. The monoisotopic (exact) mass is 284 g/mol. The summed E-state index contributed by atoms with van der Waals surface area (Å²) in [4.78, 5) is 14.0. The molecular formula is C17H20N2O2. The van der Waals surface area contributed by atoms with Crippen LogP contribution in [0.2, 0.25) is 0 Å². The molecular weight excluding hydrogens is 264 g/mol. The number of rotatable bonds is 5. The highest BCUT2D eigenvalue weighted by atomic mass is 16.5. The summed E-state index contributed by atoms with van der Waals surface area (Å²) in [7, 11) is 3.42. The fraction of sp³-hybridized carbons (Fsp3) is 0.235. The van der Waals surface area contributed by atoms with Crippen molar-refractivity contribution in [3.63, 3.8) is 0 Å².